The minimum Gasteiger partial charge on any atom is -0.372 e. The van der Waals surface area contributed by atoms with E-state index in [0.29, 0.717) is 5.33 Å². The summed E-state index contributed by atoms with van der Waals surface area (Å²) in [4.78, 5) is 11.6. The zero-order chi connectivity index (χ0) is 14.2. The fourth-order valence-corrected chi connectivity index (χ4v) is 2.29. The van der Waals surface area contributed by atoms with E-state index in [1.807, 2.05) is 13.8 Å². The van der Waals surface area contributed by atoms with Gasteiger partial charge in [0.15, 0.2) is 0 Å². The summed E-state index contributed by atoms with van der Waals surface area (Å²) < 4.78 is 39.7. The molecule has 0 spiro atoms. The van der Waals surface area contributed by atoms with Crippen LogP contribution in [0.5, 0.6) is 0 Å². The molecule has 0 aromatic carbocycles. The lowest BCUT2D eigenvalue weighted by Crippen LogP contribution is -2.49. The molecule has 0 radical (unpaired) electrons. The Morgan fingerprint density at radius 1 is 1.28 bits per heavy atom. The number of carbonyl (C=O) groups excluding carboxylic acids is 1. The lowest BCUT2D eigenvalue weighted by Gasteiger charge is -2.30. The van der Waals surface area contributed by atoms with Gasteiger partial charge in [0, 0.05) is 17.3 Å². The van der Waals surface area contributed by atoms with Gasteiger partial charge in [0.1, 0.15) is 6.61 Å². The number of hydrogen-bond donors (Lipinski definition) is 1. The summed E-state index contributed by atoms with van der Waals surface area (Å²) in [5.74, 6) is -0.291. The second kappa shape index (κ2) is 7.99. The van der Waals surface area contributed by atoms with E-state index in [9.17, 15) is 18.0 Å². The molecule has 108 valence electrons. The highest BCUT2D eigenvalue weighted by molar-refractivity contribution is 9.09. The first kappa shape index (κ1) is 17.7. The first-order chi connectivity index (χ1) is 8.28. The predicted molar refractivity (Wildman–Crippen MR) is 66.7 cm³/mol. The molecule has 0 bridgehead atoms. The molecule has 1 N–H and O–H groups in total. The number of halogens is 4. The minimum atomic E-state index is -4.34. The first-order valence-electron chi connectivity index (χ1n) is 5.80. The van der Waals surface area contributed by atoms with Gasteiger partial charge in [0.25, 0.3) is 0 Å². The molecule has 3 nitrogen and oxygen atoms in total. The van der Waals surface area contributed by atoms with Crippen LogP contribution in [0.2, 0.25) is 0 Å². The maximum atomic E-state index is 11.8. The van der Waals surface area contributed by atoms with Crippen molar-refractivity contribution in [3.05, 3.63) is 0 Å². The fourth-order valence-electron chi connectivity index (χ4n) is 1.36. The quantitative estimate of drug-likeness (QED) is 0.547. The molecule has 0 atom stereocenters. The lowest BCUT2D eigenvalue weighted by atomic mass is 9.95. The van der Waals surface area contributed by atoms with Crippen LogP contribution in [-0.4, -0.2) is 36.2 Å². The Morgan fingerprint density at radius 2 is 1.83 bits per heavy atom. The maximum absolute atomic E-state index is 11.8. The highest BCUT2D eigenvalue weighted by Crippen LogP contribution is 2.18. The van der Waals surface area contributed by atoms with Gasteiger partial charge in [-0.25, -0.2) is 0 Å². The second-order valence-electron chi connectivity index (χ2n) is 4.09. The smallest absolute Gasteiger partial charge is 0.372 e. The van der Waals surface area contributed by atoms with Crippen molar-refractivity contribution < 1.29 is 22.7 Å². The summed E-state index contributed by atoms with van der Waals surface area (Å²) in [6, 6.07) is 0. The number of rotatable bonds is 8. The third kappa shape index (κ3) is 7.20. The van der Waals surface area contributed by atoms with E-state index in [0.717, 1.165) is 12.8 Å². The molecule has 0 heterocycles. The van der Waals surface area contributed by atoms with Crippen molar-refractivity contribution >= 4 is 21.8 Å². The van der Waals surface area contributed by atoms with Crippen LogP contribution in [0.1, 0.15) is 33.1 Å². The number of carbonyl (C=O) groups is 1. The molecule has 0 aliphatic carbocycles. The van der Waals surface area contributed by atoms with Crippen molar-refractivity contribution in [3.8, 4) is 0 Å². The summed E-state index contributed by atoms with van der Waals surface area (Å²) in [5, 5.41) is 3.44. The van der Waals surface area contributed by atoms with Crippen molar-refractivity contribution in [1.82, 2.24) is 5.32 Å². The molecule has 18 heavy (non-hydrogen) atoms. The largest absolute Gasteiger partial charge is 0.411 e. The SMILES string of the molecule is CCC(CC)(CBr)NC(=O)CCOCC(F)(F)F. The number of alkyl halides is 4. The number of hydrogen-bond acceptors (Lipinski definition) is 2. The molecule has 0 aliphatic rings. The Balaban J connectivity index is 3.97. The summed E-state index contributed by atoms with van der Waals surface area (Å²) in [7, 11) is 0. The van der Waals surface area contributed by atoms with Crippen molar-refractivity contribution in [2.24, 2.45) is 0 Å². The van der Waals surface area contributed by atoms with Gasteiger partial charge in [-0.05, 0) is 12.8 Å². The average molecular weight is 334 g/mol. The fraction of sp³-hybridized carbons (Fsp3) is 0.909. The summed E-state index contributed by atoms with van der Waals surface area (Å²) in [5.41, 5.74) is -0.332. The van der Waals surface area contributed by atoms with Crippen molar-refractivity contribution in [1.29, 1.82) is 0 Å². The molecule has 0 aromatic heterocycles. The van der Waals surface area contributed by atoms with Gasteiger partial charge in [0.05, 0.1) is 6.61 Å². The molecule has 0 rings (SSSR count). The Hall–Kier alpha value is -0.300. The van der Waals surface area contributed by atoms with Crippen LogP contribution in [-0.2, 0) is 9.53 Å². The number of amides is 1. The summed E-state index contributed by atoms with van der Waals surface area (Å²) in [6.07, 6.45) is -2.90. The van der Waals surface area contributed by atoms with Gasteiger partial charge < -0.3 is 10.1 Å². The van der Waals surface area contributed by atoms with E-state index < -0.39 is 12.8 Å². The van der Waals surface area contributed by atoms with Crippen LogP contribution in [0.25, 0.3) is 0 Å². The summed E-state index contributed by atoms with van der Waals surface area (Å²) in [6.45, 7) is 2.36. The van der Waals surface area contributed by atoms with E-state index in [1.165, 1.54) is 0 Å². The van der Waals surface area contributed by atoms with Gasteiger partial charge in [-0.15, -0.1) is 0 Å². The van der Waals surface area contributed by atoms with Crippen LogP contribution in [0, 0.1) is 0 Å². The zero-order valence-corrected chi connectivity index (χ0v) is 12.2. The van der Waals surface area contributed by atoms with E-state index >= 15 is 0 Å². The van der Waals surface area contributed by atoms with E-state index in [2.05, 4.69) is 26.0 Å². The normalized spacial score (nSPS) is 12.6. The van der Waals surface area contributed by atoms with E-state index in [4.69, 9.17) is 0 Å². The molecule has 0 saturated carbocycles. The number of ether oxygens (including phenoxy) is 1. The summed E-state index contributed by atoms with van der Waals surface area (Å²) >= 11 is 3.34. The molecule has 0 unspecified atom stereocenters. The molecule has 0 saturated heterocycles. The highest BCUT2D eigenvalue weighted by Gasteiger charge is 2.28. The Morgan fingerprint density at radius 3 is 2.22 bits per heavy atom. The third-order valence-corrected chi connectivity index (χ3v) is 3.83. The molecular weight excluding hydrogens is 315 g/mol. The molecule has 0 aliphatic heterocycles. The standard InChI is InChI=1S/C11H19BrF3NO2/c1-3-10(4-2,7-12)16-9(17)5-6-18-8-11(13,14)15/h3-8H2,1-2H3,(H,16,17). The van der Waals surface area contributed by atoms with Crippen molar-refractivity contribution in [2.45, 2.75) is 44.8 Å². The molecule has 7 heteroatoms. The van der Waals surface area contributed by atoms with Crippen LogP contribution >= 0.6 is 15.9 Å². The molecule has 0 fully saturated rings. The Bertz CT molecular complexity index is 247. The van der Waals surface area contributed by atoms with Gasteiger partial charge in [0.2, 0.25) is 5.91 Å². The predicted octanol–water partition coefficient (Wildman–Crippen LogP) is 3.03. The third-order valence-electron chi connectivity index (χ3n) is 2.75. The maximum Gasteiger partial charge on any atom is 0.411 e. The number of nitrogens with one attached hydrogen (secondary N) is 1. The van der Waals surface area contributed by atoms with Gasteiger partial charge in [-0.2, -0.15) is 13.2 Å². The van der Waals surface area contributed by atoms with Crippen molar-refractivity contribution in [2.75, 3.05) is 18.5 Å². The minimum absolute atomic E-state index is 0.0647. The zero-order valence-electron chi connectivity index (χ0n) is 10.6. The van der Waals surface area contributed by atoms with Gasteiger partial charge in [-0.3, -0.25) is 4.79 Å². The van der Waals surface area contributed by atoms with Crippen LogP contribution in [0.3, 0.4) is 0 Å². The van der Waals surface area contributed by atoms with Crippen molar-refractivity contribution in [3.63, 3.8) is 0 Å². The van der Waals surface area contributed by atoms with Crippen LogP contribution in [0.15, 0.2) is 0 Å². The van der Waals surface area contributed by atoms with E-state index in [-0.39, 0.29) is 24.5 Å². The lowest BCUT2D eigenvalue weighted by molar-refractivity contribution is -0.174. The average Bonchev–Trinajstić information content (AvgIpc) is 2.31. The topological polar surface area (TPSA) is 38.3 Å². The second-order valence-corrected chi connectivity index (χ2v) is 4.65. The van der Waals surface area contributed by atoms with Gasteiger partial charge >= 0.3 is 6.18 Å². The molecule has 0 aromatic rings. The Kier molecular flexibility index (Phi) is 7.86. The highest BCUT2D eigenvalue weighted by atomic mass is 79.9. The van der Waals surface area contributed by atoms with E-state index in [1.54, 1.807) is 0 Å². The van der Waals surface area contributed by atoms with Crippen LogP contribution < -0.4 is 5.32 Å². The molecular formula is C11H19BrF3NO2. The van der Waals surface area contributed by atoms with Gasteiger partial charge in [-0.1, -0.05) is 29.8 Å². The monoisotopic (exact) mass is 333 g/mol. The first-order valence-corrected chi connectivity index (χ1v) is 6.92. The Labute approximate surface area is 114 Å². The van der Waals surface area contributed by atoms with Crippen LogP contribution in [0.4, 0.5) is 13.2 Å². The molecule has 1 amide bonds.